The van der Waals surface area contributed by atoms with Gasteiger partial charge in [0.25, 0.3) is 11.5 Å². The van der Waals surface area contributed by atoms with Gasteiger partial charge in [-0.25, -0.2) is 0 Å². The van der Waals surface area contributed by atoms with E-state index in [0.29, 0.717) is 23.8 Å². The van der Waals surface area contributed by atoms with Crippen molar-refractivity contribution in [3.8, 4) is 11.5 Å². The van der Waals surface area contributed by atoms with Gasteiger partial charge in [0.15, 0.2) is 0 Å². The third-order valence-electron chi connectivity index (χ3n) is 7.26. The number of amides is 2. The average molecular weight is 556 g/mol. The maximum Gasteiger partial charge on any atom is 0.573 e. The summed E-state index contributed by atoms with van der Waals surface area (Å²) in [5, 5.41) is 2.75. The van der Waals surface area contributed by atoms with E-state index in [2.05, 4.69) is 10.1 Å². The Morgan fingerprint density at radius 1 is 1.00 bits per heavy atom. The topological polar surface area (TPSA) is 89.9 Å². The molecule has 2 atom stereocenters. The van der Waals surface area contributed by atoms with Crippen LogP contribution in [-0.2, 0) is 11.3 Å². The number of hydrogen-bond donors (Lipinski definition) is 1. The standard InChI is InChI=1S/C29H28F3N3O5/c1-17-13-14-34(15-18-3-4-18)28(38)25(17)35-16-23(19-5-9-21(39-2)10-6-19)24(27(35)37)33-26(36)20-7-11-22(12-8-20)40-29(30,31)32/h5-14,18,23-24H,3-4,15-16H2,1-2H3,(H,33,36)/t23-,24?/m0/s1. The molecule has 1 aromatic heterocycles. The second-order valence-corrected chi connectivity index (χ2v) is 10.1. The molecule has 2 heterocycles. The Hall–Kier alpha value is -4.28. The maximum absolute atomic E-state index is 13.8. The van der Waals surface area contributed by atoms with E-state index in [-0.39, 0.29) is 23.4 Å². The summed E-state index contributed by atoms with van der Waals surface area (Å²) < 4.78 is 48.3. The van der Waals surface area contributed by atoms with Crippen molar-refractivity contribution < 1.29 is 32.2 Å². The van der Waals surface area contributed by atoms with Gasteiger partial charge in [-0.1, -0.05) is 12.1 Å². The molecular weight excluding hydrogens is 527 g/mol. The number of nitrogens with one attached hydrogen (secondary N) is 1. The molecule has 11 heteroatoms. The number of halogens is 3. The highest BCUT2D eigenvalue weighted by atomic mass is 19.4. The van der Waals surface area contributed by atoms with Gasteiger partial charge in [-0.2, -0.15) is 0 Å². The lowest BCUT2D eigenvalue weighted by atomic mass is 9.93. The molecule has 0 radical (unpaired) electrons. The fraction of sp³-hybridized carbons (Fsp3) is 0.345. The van der Waals surface area contributed by atoms with Crippen molar-refractivity contribution in [2.45, 2.75) is 44.6 Å². The lowest BCUT2D eigenvalue weighted by molar-refractivity contribution is -0.274. The number of benzene rings is 2. The van der Waals surface area contributed by atoms with Crippen molar-refractivity contribution >= 4 is 17.5 Å². The van der Waals surface area contributed by atoms with Gasteiger partial charge in [0, 0.05) is 30.8 Å². The summed E-state index contributed by atoms with van der Waals surface area (Å²) in [5.74, 6) is -0.997. The summed E-state index contributed by atoms with van der Waals surface area (Å²) in [6.45, 7) is 2.51. The Morgan fingerprint density at radius 3 is 2.25 bits per heavy atom. The number of hydrogen-bond acceptors (Lipinski definition) is 5. The summed E-state index contributed by atoms with van der Waals surface area (Å²) in [4.78, 5) is 41.9. The molecule has 1 saturated carbocycles. The molecule has 8 nitrogen and oxygen atoms in total. The van der Waals surface area contributed by atoms with Gasteiger partial charge in [0.1, 0.15) is 23.2 Å². The van der Waals surface area contributed by atoms with Crippen molar-refractivity contribution in [1.82, 2.24) is 9.88 Å². The van der Waals surface area contributed by atoms with Gasteiger partial charge in [0.05, 0.1) is 7.11 Å². The SMILES string of the molecule is COc1ccc([C@@H]2CN(c3c(C)ccn(CC4CC4)c3=O)C(=O)C2NC(=O)c2ccc(OC(F)(F)F)cc2)cc1. The third-order valence-corrected chi connectivity index (χ3v) is 7.26. The van der Waals surface area contributed by atoms with Gasteiger partial charge in [-0.05, 0) is 79.3 Å². The number of pyridine rings is 1. The summed E-state index contributed by atoms with van der Waals surface area (Å²) in [5.41, 5.74) is 1.46. The first-order valence-corrected chi connectivity index (χ1v) is 12.9. The molecule has 0 bridgehead atoms. The molecule has 5 rings (SSSR count). The van der Waals surface area contributed by atoms with Crippen LogP contribution in [0.25, 0.3) is 0 Å². The first-order valence-electron chi connectivity index (χ1n) is 12.9. The molecule has 2 amide bonds. The van der Waals surface area contributed by atoms with E-state index in [0.717, 1.165) is 30.5 Å². The van der Waals surface area contributed by atoms with Gasteiger partial charge in [0.2, 0.25) is 5.91 Å². The van der Waals surface area contributed by atoms with Crippen LogP contribution in [0, 0.1) is 12.8 Å². The largest absolute Gasteiger partial charge is 0.573 e. The molecule has 0 spiro atoms. The number of alkyl halides is 3. The van der Waals surface area contributed by atoms with Crippen LogP contribution >= 0.6 is 0 Å². The lowest BCUT2D eigenvalue weighted by Gasteiger charge is -2.20. The number of anilines is 1. The van der Waals surface area contributed by atoms with Gasteiger partial charge < -0.3 is 24.3 Å². The molecule has 2 aromatic carbocycles. The number of aromatic nitrogens is 1. The first-order chi connectivity index (χ1) is 19.0. The van der Waals surface area contributed by atoms with Crippen molar-refractivity contribution in [1.29, 1.82) is 0 Å². The van der Waals surface area contributed by atoms with Crippen LogP contribution < -0.4 is 25.2 Å². The van der Waals surface area contributed by atoms with E-state index < -0.39 is 35.9 Å². The van der Waals surface area contributed by atoms with E-state index in [1.165, 1.54) is 24.1 Å². The molecule has 1 aliphatic carbocycles. The number of carbonyl (C=O) groups excluding carboxylic acids is 2. The number of methoxy groups -OCH3 is 1. The first kappa shape index (κ1) is 27.3. The van der Waals surface area contributed by atoms with E-state index in [9.17, 15) is 27.6 Å². The van der Waals surface area contributed by atoms with Crippen LogP contribution in [0.15, 0.2) is 65.6 Å². The summed E-state index contributed by atoms with van der Waals surface area (Å²) in [7, 11) is 1.54. The van der Waals surface area contributed by atoms with Gasteiger partial charge in [-0.15, -0.1) is 13.2 Å². The fourth-order valence-corrected chi connectivity index (χ4v) is 4.98. The molecular formula is C29H28F3N3O5. The van der Waals surface area contributed by atoms with Crippen molar-refractivity contribution in [2.75, 3.05) is 18.6 Å². The highest BCUT2D eigenvalue weighted by Gasteiger charge is 2.44. The van der Waals surface area contributed by atoms with Crippen LogP contribution in [0.4, 0.5) is 18.9 Å². The Labute approximate surface area is 228 Å². The van der Waals surface area contributed by atoms with Gasteiger partial charge in [-0.3, -0.25) is 14.4 Å². The van der Waals surface area contributed by atoms with E-state index in [4.69, 9.17) is 4.74 Å². The molecule has 2 fully saturated rings. The molecule has 1 aliphatic heterocycles. The molecule has 40 heavy (non-hydrogen) atoms. The predicted octanol–water partition coefficient (Wildman–Crippen LogP) is 4.40. The number of ether oxygens (including phenoxy) is 2. The molecule has 1 saturated heterocycles. The molecule has 210 valence electrons. The number of nitrogens with zero attached hydrogens (tertiary/aromatic N) is 2. The maximum atomic E-state index is 13.8. The molecule has 1 unspecified atom stereocenters. The van der Waals surface area contributed by atoms with Crippen LogP contribution in [0.5, 0.6) is 11.5 Å². The second kappa shape index (κ2) is 10.7. The lowest BCUT2D eigenvalue weighted by Crippen LogP contribution is -2.44. The quantitative estimate of drug-likeness (QED) is 0.445. The van der Waals surface area contributed by atoms with Crippen molar-refractivity contribution in [3.63, 3.8) is 0 Å². The minimum atomic E-state index is -4.86. The summed E-state index contributed by atoms with van der Waals surface area (Å²) in [6, 6.07) is 12.3. The Morgan fingerprint density at radius 2 is 1.65 bits per heavy atom. The van der Waals surface area contributed by atoms with Crippen LogP contribution in [0.3, 0.4) is 0 Å². The smallest absolute Gasteiger partial charge is 0.497 e. The Bertz CT molecular complexity index is 1460. The molecule has 1 N–H and O–H groups in total. The fourth-order valence-electron chi connectivity index (χ4n) is 4.98. The monoisotopic (exact) mass is 555 g/mol. The zero-order valence-electron chi connectivity index (χ0n) is 21.9. The minimum absolute atomic E-state index is 0.0527. The number of carbonyl (C=O) groups is 2. The minimum Gasteiger partial charge on any atom is -0.497 e. The van der Waals surface area contributed by atoms with Crippen molar-refractivity contribution in [3.05, 3.63) is 87.8 Å². The molecule has 2 aliphatic rings. The van der Waals surface area contributed by atoms with Gasteiger partial charge >= 0.3 is 6.36 Å². The number of aryl methyl sites for hydroxylation is 1. The third kappa shape index (κ3) is 5.83. The van der Waals surface area contributed by atoms with Crippen LogP contribution in [0.1, 0.15) is 40.2 Å². The predicted molar refractivity (Wildman–Crippen MR) is 141 cm³/mol. The summed E-state index contributed by atoms with van der Waals surface area (Å²) in [6.07, 6.45) is -0.987. The van der Waals surface area contributed by atoms with Crippen LogP contribution in [0.2, 0.25) is 0 Å². The summed E-state index contributed by atoms with van der Waals surface area (Å²) >= 11 is 0. The number of rotatable bonds is 8. The zero-order chi connectivity index (χ0) is 28.6. The van der Waals surface area contributed by atoms with E-state index in [1.807, 2.05) is 6.07 Å². The normalized spacial score (nSPS) is 19.0. The van der Waals surface area contributed by atoms with E-state index in [1.54, 1.807) is 42.0 Å². The average Bonchev–Trinajstić information content (AvgIpc) is 3.69. The zero-order valence-corrected chi connectivity index (χ0v) is 21.9. The molecule has 3 aromatic rings. The second-order valence-electron chi connectivity index (χ2n) is 10.1. The van der Waals surface area contributed by atoms with Crippen LogP contribution in [-0.4, -0.2) is 42.4 Å². The Balaban J connectivity index is 1.45. The highest BCUT2D eigenvalue weighted by Crippen LogP contribution is 2.34. The van der Waals surface area contributed by atoms with Crippen molar-refractivity contribution in [2.24, 2.45) is 5.92 Å². The van der Waals surface area contributed by atoms with E-state index >= 15 is 0 Å². The highest BCUT2D eigenvalue weighted by molar-refractivity contribution is 6.05. The Kier molecular flexibility index (Phi) is 7.31.